The average molecular weight is 261 g/mol. The molecule has 1 aromatic heterocycles. The lowest BCUT2D eigenvalue weighted by molar-refractivity contribution is 0.567. The molecule has 0 radical (unpaired) electrons. The molecule has 3 rings (SSSR count). The maximum Gasteiger partial charge on any atom is 0.227 e. The van der Waals surface area contributed by atoms with Gasteiger partial charge >= 0.3 is 0 Å². The van der Waals surface area contributed by atoms with Gasteiger partial charge in [0.25, 0.3) is 0 Å². The van der Waals surface area contributed by atoms with Gasteiger partial charge in [0.05, 0.1) is 5.69 Å². The fraction of sp³-hybridized carbons (Fsp3) is 0.714. The van der Waals surface area contributed by atoms with E-state index in [1.54, 1.807) is 0 Å². The van der Waals surface area contributed by atoms with Crippen LogP contribution in [0.25, 0.3) is 0 Å². The molecular formula is C14H23N5. The summed E-state index contributed by atoms with van der Waals surface area (Å²) in [6.45, 7) is 3.60. The topological polar surface area (TPSA) is 67.1 Å². The third-order valence-electron chi connectivity index (χ3n) is 4.00. The SMILES string of the molecule is NCCNc1nc(N2CCCCC2)nc2c1CCC2. The molecule has 0 aromatic carbocycles. The van der Waals surface area contributed by atoms with Crippen LogP contribution in [0.3, 0.4) is 0 Å². The molecule has 19 heavy (non-hydrogen) atoms. The van der Waals surface area contributed by atoms with E-state index < -0.39 is 0 Å². The highest BCUT2D eigenvalue weighted by Crippen LogP contribution is 2.29. The number of nitrogens with zero attached hydrogens (tertiary/aromatic N) is 3. The molecule has 1 aliphatic carbocycles. The molecular weight excluding hydrogens is 238 g/mol. The van der Waals surface area contributed by atoms with Gasteiger partial charge in [-0.2, -0.15) is 4.98 Å². The van der Waals surface area contributed by atoms with Crippen LogP contribution >= 0.6 is 0 Å². The maximum atomic E-state index is 5.59. The zero-order chi connectivity index (χ0) is 13.1. The third-order valence-corrected chi connectivity index (χ3v) is 4.00. The number of fused-ring (bicyclic) bond motifs is 1. The predicted octanol–water partition coefficient (Wildman–Crippen LogP) is 1.33. The molecule has 3 N–H and O–H groups in total. The number of nitrogens with one attached hydrogen (secondary N) is 1. The van der Waals surface area contributed by atoms with Crippen LogP contribution in [0.5, 0.6) is 0 Å². The molecule has 1 saturated heterocycles. The fourth-order valence-electron chi connectivity index (χ4n) is 2.99. The van der Waals surface area contributed by atoms with Crippen LogP contribution in [0.4, 0.5) is 11.8 Å². The van der Waals surface area contributed by atoms with E-state index in [1.165, 1.54) is 36.9 Å². The van der Waals surface area contributed by atoms with E-state index >= 15 is 0 Å². The van der Waals surface area contributed by atoms with Gasteiger partial charge in [-0.05, 0) is 38.5 Å². The van der Waals surface area contributed by atoms with Gasteiger partial charge < -0.3 is 16.0 Å². The van der Waals surface area contributed by atoms with Gasteiger partial charge in [0, 0.05) is 31.7 Å². The Kier molecular flexibility index (Phi) is 3.82. The van der Waals surface area contributed by atoms with Crippen LogP contribution in [-0.2, 0) is 12.8 Å². The van der Waals surface area contributed by atoms with E-state index in [0.717, 1.165) is 44.2 Å². The van der Waals surface area contributed by atoms with E-state index in [0.29, 0.717) is 6.54 Å². The van der Waals surface area contributed by atoms with Crippen LogP contribution < -0.4 is 16.0 Å². The highest BCUT2D eigenvalue weighted by Gasteiger charge is 2.22. The van der Waals surface area contributed by atoms with Crippen LogP contribution in [0.2, 0.25) is 0 Å². The normalized spacial score (nSPS) is 18.5. The number of hydrogen-bond acceptors (Lipinski definition) is 5. The Labute approximate surface area is 114 Å². The zero-order valence-electron chi connectivity index (χ0n) is 11.5. The summed E-state index contributed by atoms with van der Waals surface area (Å²) in [5, 5.41) is 3.37. The van der Waals surface area contributed by atoms with Gasteiger partial charge in [0.1, 0.15) is 5.82 Å². The van der Waals surface area contributed by atoms with Crippen LogP contribution in [-0.4, -0.2) is 36.1 Å². The van der Waals surface area contributed by atoms with Crippen molar-refractivity contribution in [1.29, 1.82) is 0 Å². The Morgan fingerprint density at radius 2 is 1.89 bits per heavy atom. The van der Waals surface area contributed by atoms with Crippen molar-refractivity contribution in [2.24, 2.45) is 5.73 Å². The Hall–Kier alpha value is -1.36. The highest BCUT2D eigenvalue weighted by molar-refractivity contribution is 5.53. The van der Waals surface area contributed by atoms with Crippen molar-refractivity contribution in [2.75, 3.05) is 36.4 Å². The molecule has 5 nitrogen and oxygen atoms in total. The van der Waals surface area contributed by atoms with Crippen molar-refractivity contribution in [2.45, 2.75) is 38.5 Å². The van der Waals surface area contributed by atoms with Gasteiger partial charge in [-0.1, -0.05) is 0 Å². The highest BCUT2D eigenvalue weighted by atomic mass is 15.3. The molecule has 2 heterocycles. The van der Waals surface area contributed by atoms with Crippen LogP contribution in [0.15, 0.2) is 0 Å². The zero-order valence-corrected chi connectivity index (χ0v) is 11.5. The van der Waals surface area contributed by atoms with Crippen molar-refractivity contribution in [1.82, 2.24) is 9.97 Å². The molecule has 0 saturated carbocycles. The molecule has 2 aliphatic rings. The summed E-state index contributed by atoms with van der Waals surface area (Å²) in [4.78, 5) is 11.9. The van der Waals surface area contributed by atoms with Crippen LogP contribution in [0, 0.1) is 0 Å². The minimum absolute atomic E-state index is 0.637. The number of nitrogens with two attached hydrogens (primary N) is 1. The van der Waals surface area contributed by atoms with Gasteiger partial charge in [-0.3, -0.25) is 0 Å². The molecule has 0 atom stereocenters. The molecule has 1 aliphatic heterocycles. The first kappa shape index (κ1) is 12.7. The van der Waals surface area contributed by atoms with Crippen molar-refractivity contribution < 1.29 is 0 Å². The monoisotopic (exact) mass is 261 g/mol. The first-order valence-electron chi connectivity index (χ1n) is 7.47. The summed E-state index contributed by atoms with van der Waals surface area (Å²) in [5.41, 5.74) is 8.15. The number of rotatable bonds is 4. The summed E-state index contributed by atoms with van der Waals surface area (Å²) < 4.78 is 0. The molecule has 0 spiro atoms. The summed E-state index contributed by atoms with van der Waals surface area (Å²) in [5.74, 6) is 1.94. The number of aromatic nitrogens is 2. The molecule has 0 bridgehead atoms. The maximum absolute atomic E-state index is 5.59. The summed E-state index contributed by atoms with van der Waals surface area (Å²) in [7, 11) is 0. The average Bonchev–Trinajstić information content (AvgIpc) is 2.94. The summed E-state index contributed by atoms with van der Waals surface area (Å²) in [6, 6.07) is 0. The molecule has 0 unspecified atom stereocenters. The minimum Gasteiger partial charge on any atom is -0.368 e. The quantitative estimate of drug-likeness (QED) is 0.856. The molecule has 104 valence electrons. The number of aryl methyl sites for hydroxylation is 1. The lowest BCUT2D eigenvalue weighted by Gasteiger charge is -2.27. The van der Waals surface area contributed by atoms with Gasteiger partial charge in [-0.15, -0.1) is 0 Å². The van der Waals surface area contributed by atoms with Crippen molar-refractivity contribution in [3.8, 4) is 0 Å². The number of piperidine rings is 1. The van der Waals surface area contributed by atoms with Gasteiger partial charge in [0.15, 0.2) is 0 Å². The van der Waals surface area contributed by atoms with Crippen molar-refractivity contribution in [3.05, 3.63) is 11.3 Å². The third kappa shape index (κ3) is 2.66. The summed E-state index contributed by atoms with van der Waals surface area (Å²) >= 11 is 0. The second-order valence-corrected chi connectivity index (χ2v) is 5.41. The Balaban J connectivity index is 1.87. The second kappa shape index (κ2) is 5.74. The van der Waals surface area contributed by atoms with Crippen LogP contribution in [0.1, 0.15) is 36.9 Å². The van der Waals surface area contributed by atoms with E-state index in [4.69, 9.17) is 15.7 Å². The lowest BCUT2D eigenvalue weighted by atomic mass is 10.1. The molecule has 0 amide bonds. The Morgan fingerprint density at radius 3 is 2.68 bits per heavy atom. The molecule has 1 aromatic rings. The smallest absolute Gasteiger partial charge is 0.227 e. The van der Waals surface area contributed by atoms with E-state index in [2.05, 4.69) is 10.2 Å². The number of hydrogen-bond donors (Lipinski definition) is 2. The lowest BCUT2D eigenvalue weighted by Crippen LogP contribution is -2.31. The van der Waals surface area contributed by atoms with E-state index in [1.807, 2.05) is 0 Å². The predicted molar refractivity (Wildman–Crippen MR) is 77.7 cm³/mol. The molecule has 1 fully saturated rings. The Morgan fingerprint density at radius 1 is 1.05 bits per heavy atom. The molecule has 5 heteroatoms. The first-order chi connectivity index (χ1) is 9.38. The van der Waals surface area contributed by atoms with Crippen molar-refractivity contribution >= 4 is 11.8 Å². The van der Waals surface area contributed by atoms with E-state index in [9.17, 15) is 0 Å². The van der Waals surface area contributed by atoms with Crippen molar-refractivity contribution in [3.63, 3.8) is 0 Å². The summed E-state index contributed by atoms with van der Waals surface area (Å²) in [6.07, 6.45) is 7.24. The standard InChI is InChI=1S/C14H23N5/c15-7-8-16-13-11-5-4-6-12(11)17-14(18-13)19-9-2-1-3-10-19/h1-10,15H2,(H,16,17,18). The fourth-order valence-corrected chi connectivity index (χ4v) is 2.99. The Bertz CT molecular complexity index is 440. The minimum atomic E-state index is 0.637. The largest absolute Gasteiger partial charge is 0.368 e. The number of anilines is 2. The first-order valence-corrected chi connectivity index (χ1v) is 7.47. The second-order valence-electron chi connectivity index (χ2n) is 5.41. The van der Waals surface area contributed by atoms with Gasteiger partial charge in [-0.25, -0.2) is 4.98 Å². The van der Waals surface area contributed by atoms with E-state index in [-0.39, 0.29) is 0 Å². The van der Waals surface area contributed by atoms with Gasteiger partial charge in [0.2, 0.25) is 5.95 Å².